The van der Waals surface area contributed by atoms with Gasteiger partial charge in [-0.25, -0.2) is 4.98 Å². The minimum absolute atomic E-state index is 0.491. The van der Waals surface area contributed by atoms with Gasteiger partial charge in [-0.1, -0.05) is 0 Å². The summed E-state index contributed by atoms with van der Waals surface area (Å²) in [5.41, 5.74) is 0.690. The summed E-state index contributed by atoms with van der Waals surface area (Å²) in [5, 5.41) is 12.7. The van der Waals surface area contributed by atoms with Gasteiger partial charge in [-0.15, -0.1) is 0 Å². The standard InChI is InChI=1S/C13H19N3O3/c1-19-11-4-3-10(9-15-11)12(13(17)18)16-7-2-5-14-6-8-16/h3-4,9,12,14H,2,5-8H2,1H3,(H,17,18). The number of hydrogen-bond donors (Lipinski definition) is 2. The highest BCUT2D eigenvalue weighted by molar-refractivity contribution is 5.75. The Bertz CT molecular complexity index is 414. The van der Waals surface area contributed by atoms with E-state index in [2.05, 4.69) is 10.3 Å². The normalized spacial score (nSPS) is 18.6. The van der Waals surface area contributed by atoms with Gasteiger partial charge in [0.25, 0.3) is 0 Å². The third-order valence-electron chi connectivity index (χ3n) is 3.26. The fourth-order valence-electron chi connectivity index (χ4n) is 2.31. The molecule has 6 nitrogen and oxygen atoms in total. The van der Waals surface area contributed by atoms with Gasteiger partial charge >= 0.3 is 5.97 Å². The molecule has 1 aromatic rings. The molecule has 2 N–H and O–H groups in total. The van der Waals surface area contributed by atoms with Crippen LogP contribution in [0.1, 0.15) is 18.0 Å². The van der Waals surface area contributed by atoms with Crippen LogP contribution >= 0.6 is 0 Å². The van der Waals surface area contributed by atoms with E-state index in [9.17, 15) is 9.90 Å². The van der Waals surface area contributed by atoms with Crippen molar-refractivity contribution in [1.29, 1.82) is 0 Å². The fourth-order valence-corrected chi connectivity index (χ4v) is 2.31. The minimum atomic E-state index is -0.839. The zero-order valence-corrected chi connectivity index (χ0v) is 11.0. The van der Waals surface area contributed by atoms with Crippen molar-refractivity contribution < 1.29 is 14.6 Å². The molecule has 19 heavy (non-hydrogen) atoms. The molecule has 2 rings (SSSR count). The number of carboxylic acids is 1. The molecule has 0 saturated carbocycles. The highest BCUT2D eigenvalue weighted by Crippen LogP contribution is 2.22. The van der Waals surface area contributed by atoms with Crippen LogP contribution < -0.4 is 10.1 Å². The molecule has 1 atom stereocenters. The van der Waals surface area contributed by atoms with E-state index < -0.39 is 12.0 Å². The maximum absolute atomic E-state index is 11.5. The zero-order valence-electron chi connectivity index (χ0n) is 11.0. The maximum atomic E-state index is 11.5. The second kappa shape index (κ2) is 6.49. The Kier molecular flexibility index (Phi) is 4.70. The third-order valence-corrected chi connectivity index (χ3v) is 3.26. The number of nitrogens with zero attached hydrogens (tertiary/aromatic N) is 2. The van der Waals surface area contributed by atoms with Crippen LogP contribution in [0.5, 0.6) is 5.88 Å². The van der Waals surface area contributed by atoms with Crippen molar-refractivity contribution in [3.05, 3.63) is 23.9 Å². The number of aliphatic carboxylic acids is 1. The van der Waals surface area contributed by atoms with Gasteiger partial charge in [0.05, 0.1) is 7.11 Å². The Morgan fingerprint density at radius 1 is 1.47 bits per heavy atom. The van der Waals surface area contributed by atoms with Crippen molar-refractivity contribution in [3.8, 4) is 5.88 Å². The fraction of sp³-hybridized carbons (Fsp3) is 0.538. The zero-order chi connectivity index (χ0) is 13.7. The molecule has 0 aliphatic carbocycles. The van der Waals surface area contributed by atoms with Crippen molar-refractivity contribution in [2.75, 3.05) is 33.3 Å². The number of aromatic nitrogens is 1. The number of pyridine rings is 1. The predicted octanol–water partition coefficient (Wildman–Crippen LogP) is 0.511. The molecule has 0 bridgehead atoms. The molecule has 0 radical (unpaired) electrons. The second-order valence-electron chi connectivity index (χ2n) is 4.51. The van der Waals surface area contributed by atoms with Gasteiger partial charge in [0.15, 0.2) is 0 Å². The molecule has 1 aliphatic rings. The van der Waals surface area contributed by atoms with E-state index in [1.54, 1.807) is 18.3 Å². The number of hydrogen-bond acceptors (Lipinski definition) is 5. The summed E-state index contributed by atoms with van der Waals surface area (Å²) in [6.07, 6.45) is 2.53. The first kappa shape index (κ1) is 13.8. The van der Waals surface area contributed by atoms with Crippen molar-refractivity contribution in [2.24, 2.45) is 0 Å². The Morgan fingerprint density at radius 3 is 2.95 bits per heavy atom. The van der Waals surface area contributed by atoms with E-state index in [4.69, 9.17) is 4.74 Å². The summed E-state index contributed by atoms with van der Waals surface area (Å²) in [7, 11) is 1.54. The number of carbonyl (C=O) groups is 1. The van der Waals surface area contributed by atoms with Gasteiger partial charge in [0, 0.05) is 31.9 Å². The molecule has 1 aliphatic heterocycles. The average Bonchev–Trinajstić information content (AvgIpc) is 2.68. The van der Waals surface area contributed by atoms with Crippen LogP contribution in [0.15, 0.2) is 18.3 Å². The molecule has 6 heteroatoms. The summed E-state index contributed by atoms with van der Waals surface area (Å²) < 4.78 is 4.99. The van der Waals surface area contributed by atoms with Crippen LogP contribution in [0.3, 0.4) is 0 Å². The number of carboxylic acid groups (broad SMARTS) is 1. The van der Waals surface area contributed by atoms with Gasteiger partial charge in [-0.3, -0.25) is 9.69 Å². The molecule has 1 aromatic heterocycles. The SMILES string of the molecule is COc1ccc(C(C(=O)O)N2CCCNCC2)cn1. The number of methoxy groups -OCH3 is 1. The molecule has 1 saturated heterocycles. The van der Waals surface area contributed by atoms with Gasteiger partial charge in [0.1, 0.15) is 6.04 Å². The van der Waals surface area contributed by atoms with Gasteiger partial charge in [-0.05, 0) is 24.6 Å². The van der Waals surface area contributed by atoms with E-state index in [1.165, 1.54) is 7.11 Å². The summed E-state index contributed by atoms with van der Waals surface area (Å²) in [6.45, 7) is 3.25. The molecule has 104 valence electrons. The monoisotopic (exact) mass is 265 g/mol. The smallest absolute Gasteiger partial charge is 0.325 e. The van der Waals surface area contributed by atoms with Crippen LogP contribution in [0.2, 0.25) is 0 Å². The summed E-state index contributed by atoms with van der Waals surface area (Å²) in [6, 6.07) is 2.82. The minimum Gasteiger partial charge on any atom is -0.481 e. The molecular weight excluding hydrogens is 246 g/mol. The van der Waals surface area contributed by atoms with Gasteiger partial charge in [0.2, 0.25) is 5.88 Å². The topological polar surface area (TPSA) is 74.7 Å². The van der Waals surface area contributed by atoms with Crippen molar-refractivity contribution >= 4 is 5.97 Å². The lowest BCUT2D eigenvalue weighted by Crippen LogP contribution is -2.36. The van der Waals surface area contributed by atoms with Gasteiger partial charge < -0.3 is 15.2 Å². The maximum Gasteiger partial charge on any atom is 0.325 e. The lowest BCUT2D eigenvalue weighted by atomic mass is 10.1. The van der Waals surface area contributed by atoms with Gasteiger partial charge in [-0.2, -0.15) is 0 Å². The summed E-state index contributed by atoms with van der Waals surface area (Å²) in [4.78, 5) is 17.6. The lowest BCUT2D eigenvalue weighted by molar-refractivity contribution is -0.143. The first-order valence-corrected chi connectivity index (χ1v) is 6.40. The van der Waals surface area contributed by atoms with Crippen LogP contribution in [0.25, 0.3) is 0 Å². The van der Waals surface area contributed by atoms with E-state index in [1.807, 2.05) is 4.90 Å². The molecule has 1 fully saturated rings. The van der Waals surface area contributed by atoms with Crippen molar-refractivity contribution in [2.45, 2.75) is 12.5 Å². The number of rotatable bonds is 4. The Balaban J connectivity index is 2.20. The summed E-state index contributed by atoms with van der Waals surface area (Å²) in [5.74, 6) is -0.348. The summed E-state index contributed by atoms with van der Waals surface area (Å²) >= 11 is 0. The lowest BCUT2D eigenvalue weighted by Gasteiger charge is -2.27. The second-order valence-corrected chi connectivity index (χ2v) is 4.51. The van der Waals surface area contributed by atoms with E-state index in [0.717, 1.165) is 32.6 Å². The molecule has 0 amide bonds. The van der Waals surface area contributed by atoms with Crippen LogP contribution in [-0.2, 0) is 4.79 Å². The van der Waals surface area contributed by atoms with E-state index in [-0.39, 0.29) is 0 Å². The third kappa shape index (κ3) is 3.42. The molecule has 0 aromatic carbocycles. The molecule has 1 unspecified atom stereocenters. The highest BCUT2D eigenvalue weighted by atomic mass is 16.5. The van der Waals surface area contributed by atoms with Crippen molar-refractivity contribution in [1.82, 2.24) is 15.2 Å². The Hall–Kier alpha value is -1.66. The van der Waals surface area contributed by atoms with E-state index >= 15 is 0 Å². The average molecular weight is 265 g/mol. The number of nitrogens with one attached hydrogen (secondary N) is 1. The van der Waals surface area contributed by atoms with E-state index in [0.29, 0.717) is 11.4 Å². The highest BCUT2D eigenvalue weighted by Gasteiger charge is 2.28. The van der Waals surface area contributed by atoms with Crippen molar-refractivity contribution in [3.63, 3.8) is 0 Å². The Labute approximate surface area is 112 Å². The predicted molar refractivity (Wildman–Crippen MR) is 70.2 cm³/mol. The molecule has 2 heterocycles. The quantitative estimate of drug-likeness (QED) is 0.826. The first-order chi connectivity index (χ1) is 9.22. The van der Waals surface area contributed by atoms with Crippen LogP contribution in [0.4, 0.5) is 0 Å². The molecule has 0 spiro atoms. The van der Waals surface area contributed by atoms with Crippen LogP contribution in [0, 0.1) is 0 Å². The molecular formula is C13H19N3O3. The first-order valence-electron chi connectivity index (χ1n) is 6.40. The van der Waals surface area contributed by atoms with Crippen LogP contribution in [-0.4, -0.2) is 54.2 Å². The largest absolute Gasteiger partial charge is 0.481 e. The Morgan fingerprint density at radius 2 is 2.32 bits per heavy atom. The number of ether oxygens (including phenoxy) is 1.